The van der Waals surface area contributed by atoms with Crippen molar-refractivity contribution in [3.63, 3.8) is 0 Å². The molecule has 2 rings (SSSR count). The van der Waals surface area contributed by atoms with E-state index in [-0.39, 0.29) is 11.9 Å². The smallest absolute Gasteiger partial charge is 0.251 e. The number of halogens is 1. The number of aromatic nitrogens is 2. The van der Waals surface area contributed by atoms with Gasteiger partial charge in [-0.1, -0.05) is 15.9 Å². The Bertz CT molecular complexity index is 546. The highest BCUT2D eigenvalue weighted by molar-refractivity contribution is 9.10. The first kappa shape index (κ1) is 13.8. The van der Waals surface area contributed by atoms with Crippen LogP contribution in [0.2, 0.25) is 0 Å². The minimum Gasteiger partial charge on any atom is -0.348 e. The number of nitrogens with zero attached hydrogens (tertiary/aromatic N) is 2. The summed E-state index contributed by atoms with van der Waals surface area (Å²) >= 11 is 3.40. The molecule has 4 nitrogen and oxygen atoms in total. The molecule has 1 heterocycles. The lowest BCUT2D eigenvalue weighted by Crippen LogP contribution is -2.35. The molecule has 0 saturated heterocycles. The van der Waals surface area contributed by atoms with E-state index in [2.05, 4.69) is 26.2 Å². The Kier molecular flexibility index (Phi) is 4.37. The third kappa shape index (κ3) is 3.92. The van der Waals surface area contributed by atoms with E-state index in [0.717, 1.165) is 10.0 Å². The molecule has 1 amide bonds. The average Bonchev–Trinajstić information content (AvgIpc) is 2.80. The summed E-state index contributed by atoms with van der Waals surface area (Å²) in [6.07, 6.45) is 5.35. The van der Waals surface area contributed by atoms with Crippen LogP contribution in [0.25, 0.3) is 0 Å². The molecule has 0 aliphatic carbocycles. The van der Waals surface area contributed by atoms with Gasteiger partial charge >= 0.3 is 0 Å². The molecule has 0 fully saturated rings. The number of carbonyl (C=O) groups is 1. The van der Waals surface area contributed by atoms with Gasteiger partial charge in [-0.15, -0.1) is 0 Å². The molecule has 0 spiro atoms. The van der Waals surface area contributed by atoms with Crippen LogP contribution in [0.15, 0.2) is 41.4 Å². The van der Waals surface area contributed by atoms with Crippen LogP contribution in [-0.2, 0) is 6.54 Å². The van der Waals surface area contributed by atoms with Gasteiger partial charge in [0.2, 0.25) is 0 Å². The van der Waals surface area contributed by atoms with E-state index in [9.17, 15) is 4.79 Å². The highest BCUT2D eigenvalue weighted by Gasteiger charge is 2.11. The van der Waals surface area contributed by atoms with Gasteiger partial charge in [-0.05, 0) is 37.6 Å². The summed E-state index contributed by atoms with van der Waals surface area (Å²) in [5.41, 5.74) is 1.73. The van der Waals surface area contributed by atoms with Gasteiger partial charge in [-0.25, -0.2) is 4.98 Å². The maximum Gasteiger partial charge on any atom is 0.251 e. The number of imidazole rings is 1. The van der Waals surface area contributed by atoms with E-state index in [1.807, 2.05) is 42.8 Å². The molecule has 1 unspecified atom stereocenters. The molecule has 1 N–H and O–H groups in total. The number of rotatable bonds is 4. The summed E-state index contributed by atoms with van der Waals surface area (Å²) in [6.45, 7) is 4.65. The van der Waals surface area contributed by atoms with E-state index in [1.54, 1.807) is 12.5 Å². The van der Waals surface area contributed by atoms with E-state index in [0.29, 0.717) is 12.1 Å². The van der Waals surface area contributed by atoms with Gasteiger partial charge in [0.15, 0.2) is 0 Å². The van der Waals surface area contributed by atoms with Gasteiger partial charge in [0, 0.05) is 35.0 Å². The maximum atomic E-state index is 12.1. The predicted octanol–water partition coefficient (Wildman–Crippen LogP) is 2.77. The second-order valence-corrected chi connectivity index (χ2v) is 5.57. The number of carbonyl (C=O) groups excluding carboxylic acids is 1. The van der Waals surface area contributed by atoms with Crippen LogP contribution in [0.4, 0.5) is 0 Å². The van der Waals surface area contributed by atoms with E-state index >= 15 is 0 Å². The third-order valence-corrected chi connectivity index (χ3v) is 3.18. The molecular weight excluding hydrogens is 306 g/mol. The first-order valence-corrected chi connectivity index (χ1v) is 6.87. The van der Waals surface area contributed by atoms with Crippen LogP contribution in [-0.4, -0.2) is 21.5 Å². The second-order valence-electron chi connectivity index (χ2n) is 4.65. The normalized spacial score (nSPS) is 12.2. The fourth-order valence-electron chi connectivity index (χ4n) is 1.93. The zero-order valence-electron chi connectivity index (χ0n) is 10.9. The number of hydrogen-bond acceptors (Lipinski definition) is 2. The van der Waals surface area contributed by atoms with Crippen LogP contribution in [0, 0.1) is 6.92 Å². The van der Waals surface area contributed by atoms with Crippen LogP contribution >= 0.6 is 15.9 Å². The molecule has 1 aromatic heterocycles. The van der Waals surface area contributed by atoms with Crippen molar-refractivity contribution in [2.24, 2.45) is 0 Å². The minimum atomic E-state index is -0.0583. The Morgan fingerprint density at radius 3 is 2.89 bits per heavy atom. The fraction of sp³-hybridized carbons (Fsp3) is 0.286. The van der Waals surface area contributed by atoms with Crippen molar-refractivity contribution in [1.29, 1.82) is 0 Å². The van der Waals surface area contributed by atoms with Gasteiger partial charge in [-0.2, -0.15) is 0 Å². The minimum absolute atomic E-state index is 0.0426. The molecule has 5 heteroatoms. The number of amides is 1. The summed E-state index contributed by atoms with van der Waals surface area (Å²) in [7, 11) is 0. The zero-order valence-corrected chi connectivity index (χ0v) is 12.5. The van der Waals surface area contributed by atoms with E-state index < -0.39 is 0 Å². The molecule has 0 bridgehead atoms. The number of aryl methyl sites for hydroxylation is 1. The van der Waals surface area contributed by atoms with Crippen molar-refractivity contribution in [3.8, 4) is 0 Å². The first-order chi connectivity index (χ1) is 9.04. The number of benzene rings is 1. The molecule has 0 aliphatic heterocycles. The van der Waals surface area contributed by atoms with E-state index in [1.165, 1.54) is 0 Å². The molecule has 1 atom stereocenters. The molecule has 0 saturated carbocycles. The lowest BCUT2D eigenvalue weighted by atomic mass is 10.1. The largest absolute Gasteiger partial charge is 0.348 e. The summed E-state index contributed by atoms with van der Waals surface area (Å²) in [5.74, 6) is -0.0583. The highest BCUT2D eigenvalue weighted by atomic mass is 79.9. The van der Waals surface area contributed by atoms with Gasteiger partial charge in [0.05, 0.1) is 6.33 Å². The lowest BCUT2D eigenvalue weighted by Gasteiger charge is -2.14. The summed E-state index contributed by atoms with van der Waals surface area (Å²) < 4.78 is 2.86. The molecule has 1 aromatic carbocycles. The summed E-state index contributed by atoms with van der Waals surface area (Å²) in [5, 5.41) is 2.98. The predicted molar refractivity (Wildman–Crippen MR) is 78.0 cm³/mol. The Hall–Kier alpha value is -1.62. The second kappa shape index (κ2) is 6.02. The molecule has 100 valence electrons. The Morgan fingerprint density at radius 2 is 2.26 bits per heavy atom. The van der Waals surface area contributed by atoms with Gasteiger partial charge < -0.3 is 9.88 Å². The third-order valence-electron chi connectivity index (χ3n) is 2.73. The molecule has 2 aromatic rings. The maximum absolute atomic E-state index is 12.1. The van der Waals surface area contributed by atoms with Crippen LogP contribution in [0.3, 0.4) is 0 Å². The highest BCUT2D eigenvalue weighted by Crippen LogP contribution is 2.15. The van der Waals surface area contributed by atoms with Gasteiger partial charge in [0.25, 0.3) is 5.91 Å². The first-order valence-electron chi connectivity index (χ1n) is 6.08. The van der Waals surface area contributed by atoms with Crippen molar-refractivity contribution in [2.45, 2.75) is 26.4 Å². The zero-order chi connectivity index (χ0) is 13.8. The monoisotopic (exact) mass is 321 g/mol. The summed E-state index contributed by atoms with van der Waals surface area (Å²) in [6, 6.07) is 5.73. The Balaban J connectivity index is 2.00. The molecule has 19 heavy (non-hydrogen) atoms. The quantitative estimate of drug-likeness (QED) is 0.941. The topological polar surface area (TPSA) is 46.9 Å². The number of hydrogen-bond donors (Lipinski definition) is 1. The van der Waals surface area contributed by atoms with Crippen LogP contribution in [0.1, 0.15) is 22.8 Å². The SMILES string of the molecule is Cc1cc(Br)cc(C(=O)NC(C)Cn2ccnc2)c1. The van der Waals surface area contributed by atoms with Crippen LogP contribution in [0.5, 0.6) is 0 Å². The standard InChI is InChI=1S/C14H16BrN3O/c1-10-5-12(7-13(15)6-10)14(19)17-11(2)8-18-4-3-16-9-18/h3-7,9,11H,8H2,1-2H3,(H,17,19). The Labute approximate surface area is 121 Å². The van der Waals surface area contributed by atoms with Crippen molar-refractivity contribution in [3.05, 3.63) is 52.5 Å². The van der Waals surface area contributed by atoms with Gasteiger partial charge in [0.1, 0.15) is 0 Å². The average molecular weight is 322 g/mol. The molecule has 0 radical (unpaired) electrons. The van der Waals surface area contributed by atoms with E-state index in [4.69, 9.17) is 0 Å². The van der Waals surface area contributed by atoms with Crippen molar-refractivity contribution in [2.75, 3.05) is 0 Å². The molecular formula is C14H16BrN3O. The molecule has 0 aliphatic rings. The van der Waals surface area contributed by atoms with Crippen molar-refractivity contribution < 1.29 is 4.79 Å². The summed E-state index contributed by atoms with van der Waals surface area (Å²) in [4.78, 5) is 16.1. The van der Waals surface area contributed by atoms with Gasteiger partial charge in [-0.3, -0.25) is 4.79 Å². The number of nitrogens with one attached hydrogen (secondary N) is 1. The van der Waals surface area contributed by atoms with Crippen LogP contribution < -0.4 is 5.32 Å². The Morgan fingerprint density at radius 1 is 1.47 bits per heavy atom. The van der Waals surface area contributed by atoms with Crippen molar-refractivity contribution >= 4 is 21.8 Å². The fourth-order valence-corrected chi connectivity index (χ4v) is 2.54. The van der Waals surface area contributed by atoms with Crippen molar-refractivity contribution in [1.82, 2.24) is 14.9 Å². The lowest BCUT2D eigenvalue weighted by molar-refractivity contribution is 0.0936.